The van der Waals surface area contributed by atoms with Crippen LogP contribution in [0, 0.1) is 0 Å². The lowest BCUT2D eigenvalue weighted by Gasteiger charge is -2.34. The fraction of sp³-hybridized carbons (Fsp3) is 0.500. The maximum atomic E-state index is 11.5. The number of nitrogens with one attached hydrogen (secondary N) is 1. The van der Waals surface area contributed by atoms with Crippen molar-refractivity contribution in [3.05, 3.63) is 23.8 Å². The van der Waals surface area contributed by atoms with Crippen LogP contribution in [-0.2, 0) is 11.3 Å². The number of rotatable bonds is 5. The molecule has 0 radical (unpaired) electrons. The third-order valence-corrected chi connectivity index (χ3v) is 3.39. The van der Waals surface area contributed by atoms with Crippen molar-refractivity contribution >= 4 is 5.91 Å². The van der Waals surface area contributed by atoms with Crippen molar-refractivity contribution in [3.63, 3.8) is 0 Å². The van der Waals surface area contributed by atoms with Crippen molar-refractivity contribution < 1.29 is 14.6 Å². The number of nitrogens with two attached hydrogens (primary N) is 1. The molecule has 4 N–H and O–H groups in total. The Labute approximate surface area is 118 Å². The van der Waals surface area contributed by atoms with Gasteiger partial charge in [0.15, 0.2) is 11.5 Å². The van der Waals surface area contributed by atoms with Gasteiger partial charge in [0, 0.05) is 26.2 Å². The lowest BCUT2D eigenvalue weighted by atomic mass is 10.1. The van der Waals surface area contributed by atoms with Gasteiger partial charge in [-0.25, -0.2) is 0 Å². The van der Waals surface area contributed by atoms with E-state index in [-0.39, 0.29) is 17.7 Å². The van der Waals surface area contributed by atoms with Crippen LogP contribution in [0.15, 0.2) is 18.2 Å². The highest BCUT2D eigenvalue weighted by Gasteiger charge is 2.26. The first-order valence-corrected chi connectivity index (χ1v) is 6.80. The molecular formula is C14H21N3O3. The second kappa shape index (κ2) is 6.58. The van der Waals surface area contributed by atoms with Gasteiger partial charge in [-0.1, -0.05) is 6.07 Å². The highest BCUT2D eigenvalue weighted by molar-refractivity contribution is 5.80. The molecule has 1 amide bonds. The topological polar surface area (TPSA) is 87.8 Å². The summed E-state index contributed by atoms with van der Waals surface area (Å²) in [6, 6.07) is 4.95. The van der Waals surface area contributed by atoms with E-state index in [2.05, 4.69) is 5.32 Å². The summed E-state index contributed by atoms with van der Waals surface area (Å²) in [4.78, 5) is 13.5. The Morgan fingerprint density at radius 2 is 2.40 bits per heavy atom. The Morgan fingerprint density at radius 3 is 3.10 bits per heavy atom. The van der Waals surface area contributed by atoms with Gasteiger partial charge in [0.05, 0.1) is 6.61 Å². The van der Waals surface area contributed by atoms with Crippen LogP contribution in [-0.4, -0.2) is 48.2 Å². The van der Waals surface area contributed by atoms with Gasteiger partial charge in [0.25, 0.3) is 0 Å². The minimum atomic E-state index is -0.319. The summed E-state index contributed by atoms with van der Waals surface area (Å²) < 4.78 is 5.37. The summed E-state index contributed by atoms with van der Waals surface area (Å²) in [7, 11) is 0. The third-order valence-electron chi connectivity index (χ3n) is 3.39. The molecule has 1 heterocycles. The molecule has 1 aromatic rings. The zero-order chi connectivity index (χ0) is 14.5. The smallest absolute Gasteiger partial charge is 0.236 e. The molecule has 0 bridgehead atoms. The number of hydrogen-bond acceptors (Lipinski definition) is 5. The molecule has 0 aromatic heterocycles. The van der Waals surface area contributed by atoms with Crippen LogP contribution in [0.5, 0.6) is 11.5 Å². The predicted octanol–water partition coefficient (Wildman–Crippen LogP) is 0.0500. The molecule has 0 aliphatic carbocycles. The molecule has 1 unspecified atom stereocenters. The van der Waals surface area contributed by atoms with Crippen LogP contribution in [0.1, 0.15) is 12.5 Å². The van der Waals surface area contributed by atoms with Crippen molar-refractivity contribution in [3.8, 4) is 11.5 Å². The van der Waals surface area contributed by atoms with E-state index in [1.54, 1.807) is 12.1 Å². The lowest BCUT2D eigenvalue weighted by molar-refractivity contribution is -0.124. The first-order chi connectivity index (χ1) is 9.61. The summed E-state index contributed by atoms with van der Waals surface area (Å²) in [6.07, 6.45) is 0. The van der Waals surface area contributed by atoms with E-state index in [0.717, 1.165) is 18.7 Å². The van der Waals surface area contributed by atoms with E-state index in [1.807, 2.05) is 17.9 Å². The van der Waals surface area contributed by atoms with Gasteiger partial charge in [0.2, 0.25) is 5.91 Å². The zero-order valence-corrected chi connectivity index (χ0v) is 11.6. The standard InChI is InChI=1S/C14H21N3O3/c1-2-20-13-7-10(3-4-12(13)18)9-17-6-5-16-8-11(17)14(15)19/h3-4,7,11,16,18H,2,5-6,8-9H2,1H3,(H2,15,19). The van der Waals surface area contributed by atoms with Gasteiger partial charge >= 0.3 is 0 Å². The van der Waals surface area contributed by atoms with Gasteiger partial charge in [-0.15, -0.1) is 0 Å². The molecular weight excluding hydrogens is 258 g/mol. The van der Waals surface area contributed by atoms with E-state index in [1.165, 1.54) is 0 Å². The minimum Gasteiger partial charge on any atom is -0.504 e. The van der Waals surface area contributed by atoms with E-state index >= 15 is 0 Å². The molecule has 1 aromatic carbocycles. The number of piperazine rings is 1. The Morgan fingerprint density at radius 1 is 1.60 bits per heavy atom. The Balaban J connectivity index is 2.11. The summed E-state index contributed by atoms with van der Waals surface area (Å²) in [5, 5.41) is 12.9. The monoisotopic (exact) mass is 279 g/mol. The van der Waals surface area contributed by atoms with Gasteiger partial charge in [-0.3, -0.25) is 9.69 Å². The minimum absolute atomic E-state index is 0.127. The van der Waals surface area contributed by atoms with Crippen LogP contribution in [0.4, 0.5) is 0 Å². The number of amides is 1. The van der Waals surface area contributed by atoms with Crippen molar-refractivity contribution in [2.24, 2.45) is 5.73 Å². The molecule has 1 saturated heterocycles. The molecule has 6 nitrogen and oxygen atoms in total. The lowest BCUT2D eigenvalue weighted by Crippen LogP contribution is -2.56. The molecule has 20 heavy (non-hydrogen) atoms. The second-order valence-corrected chi connectivity index (χ2v) is 4.83. The Hall–Kier alpha value is -1.79. The summed E-state index contributed by atoms with van der Waals surface area (Å²) >= 11 is 0. The van der Waals surface area contributed by atoms with Crippen LogP contribution >= 0.6 is 0 Å². The molecule has 1 fully saturated rings. The summed E-state index contributed by atoms with van der Waals surface area (Å²) in [5.41, 5.74) is 6.41. The molecule has 0 saturated carbocycles. The summed E-state index contributed by atoms with van der Waals surface area (Å²) in [5.74, 6) is 0.277. The van der Waals surface area contributed by atoms with Crippen LogP contribution in [0.3, 0.4) is 0 Å². The number of ether oxygens (including phenoxy) is 1. The fourth-order valence-corrected chi connectivity index (χ4v) is 2.38. The Kier molecular flexibility index (Phi) is 4.81. The number of benzene rings is 1. The van der Waals surface area contributed by atoms with Gasteiger partial charge in [-0.2, -0.15) is 0 Å². The maximum Gasteiger partial charge on any atom is 0.236 e. The second-order valence-electron chi connectivity index (χ2n) is 4.83. The highest BCUT2D eigenvalue weighted by Crippen LogP contribution is 2.27. The third kappa shape index (κ3) is 3.40. The van der Waals surface area contributed by atoms with Gasteiger partial charge in [0.1, 0.15) is 6.04 Å². The first kappa shape index (κ1) is 14.6. The average Bonchev–Trinajstić information content (AvgIpc) is 2.43. The van der Waals surface area contributed by atoms with E-state index in [9.17, 15) is 9.90 Å². The molecule has 1 aliphatic rings. The first-order valence-electron chi connectivity index (χ1n) is 6.80. The molecule has 2 rings (SSSR count). The van der Waals surface area contributed by atoms with Crippen molar-refractivity contribution in [1.29, 1.82) is 0 Å². The van der Waals surface area contributed by atoms with Gasteiger partial charge < -0.3 is 20.9 Å². The number of aromatic hydroxyl groups is 1. The molecule has 6 heteroatoms. The number of phenolic OH excluding ortho intramolecular Hbond substituents is 1. The van der Waals surface area contributed by atoms with E-state index in [0.29, 0.717) is 25.4 Å². The average molecular weight is 279 g/mol. The number of carbonyl (C=O) groups excluding carboxylic acids is 1. The molecule has 0 spiro atoms. The van der Waals surface area contributed by atoms with Gasteiger partial charge in [-0.05, 0) is 24.6 Å². The predicted molar refractivity (Wildman–Crippen MR) is 75.5 cm³/mol. The van der Waals surface area contributed by atoms with Crippen LogP contribution in [0.25, 0.3) is 0 Å². The Bertz CT molecular complexity index is 479. The molecule has 1 atom stereocenters. The number of phenols is 1. The van der Waals surface area contributed by atoms with E-state index in [4.69, 9.17) is 10.5 Å². The van der Waals surface area contributed by atoms with Crippen molar-refractivity contribution in [2.45, 2.75) is 19.5 Å². The number of carbonyl (C=O) groups is 1. The van der Waals surface area contributed by atoms with E-state index < -0.39 is 0 Å². The van der Waals surface area contributed by atoms with Crippen LogP contribution in [0.2, 0.25) is 0 Å². The highest BCUT2D eigenvalue weighted by atomic mass is 16.5. The quantitative estimate of drug-likeness (QED) is 0.709. The number of hydrogen-bond donors (Lipinski definition) is 3. The largest absolute Gasteiger partial charge is 0.504 e. The summed E-state index contributed by atoms with van der Waals surface area (Å²) in [6.45, 7) is 5.14. The van der Waals surface area contributed by atoms with Crippen molar-refractivity contribution in [2.75, 3.05) is 26.2 Å². The fourth-order valence-electron chi connectivity index (χ4n) is 2.38. The zero-order valence-electron chi connectivity index (χ0n) is 11.6. The normalized spacial score (nSPS) is 19.8. The number of primary amides is 1. The van der Waals surface area contributed by atoms with Crippen molar-refractivity contribution in [1.82, 2.24) is 10.2 Å². The number of nitrogens with zero attached hydrogens (tertiary/aromatic N) is 1. The molecule has 1 aliphatic heterocycles. The van der Waals surface area contributed by atoms with Crippen LogP contribution < -0.4 is 15.8 Å². The molecule has 110 valence electrons. The SMILES string of the molecule is CCOc1cc(CN2CCNCC2C(N)=O)ccc1O. The maximum absolute atomic E-state index is 11.5.